The number of halogens is 2. The van der Waals surface area contributed by atoms with E-state index in [1.807, 2.05) is 30.3 Å². The maximum atomic E-state index is 12.2. The molecule has 0 aliphatic heterocycles. The Morgan fingerprint density at radius 3 is 2.53 bits per heavy atom. The zero-order valence-electron chi connectivity index (χ0n) is 10.4. The van der Waals surface area contributed by atoms with Gasteiger partial charge in [-0.2, -0.15) is 0 Å². The molecule has 0 saturated heterocycles. The highest BCUT2D eigenvalue weighted by atomic mass is 35.5. The van der Waals surface area contributed by atoms with Crippen LogP contribution in [0.15, 0.2) is 41.9 Å². The van der Waals surface area contributed by atoms with Gasteiger partial charge in [-0.3, -0.25) is 4.79 Å². The van der Waals surface area contributed by atoms with Gasteiger partial charge in [-0.25, -0.2) is 0 Å². The minimum Gasteiger partial charge on any atom is -0.326 e. The van der Waals surface area contributed by atoms with E-state index in [0.29, 0.717) is 12.8 Å². The molecule has 0 radical (unpaired) electrons. The molecule has 102 valence electrons. The van der Waals surface area contributed by atoms with Gasteiger partial charge in [0.25, 0.3) is 5.91 Å². The van der Waals surface area contributed by atoms with Gasteiger partial charge in [-0.1, -0.05) is 29.8 Å². The Balaban J connectivity index is 2.32. The first kappa shape index (κ1) is 14.4. The van der Waals surface area contributed by atoms with E-state index in [1.165, 1.54) is 11.6 Å². The third-order valence-electron chi connectivity index (χ3n) is 3.33. The van der Waals surface area contributed by atoms with Crippen LogP contribution in [0.3, 0.4) is 0 Å². The Labute approximate surface area is 123 Å². The fourth-order valence-electron chi connectivity index (χ4n) is 2.49. The zero-order valence-corrected chi connectivity index (χ0v) is 11.9. The summed E-state index contributed by atoms with van der Waals surface area (Å²) < 4.78 is 0. The molecule has 19 heavy (non-hydrogen) atoms. The molecule has 3 unspecified atom stereocenters. The lowest BCUT2D eigenvalue weighted by Gasteiger charge is -2.30. The second kappa shape index (κ2) is 6.42. The van der Waals surface area contributed by atoms with Crippen LogP contribution in [0.5, 0.6) is 0 Å². The fraction of sp³-hybridized carbons (Fsp3) is 0.357. The molecule has 1 aliphatic carbocycles. The number of anilines is 1. The second-order valence-corrected chi connectivity index (χ2v) is 5.51. The molecule has 1 aromatic carbocycles. The lowest BCUT2D eigenvalue weighted by atomic mass is 10.1. The number of hydrogen-bond donors (Lipinski definition) is 1. The van der Waals surface area contributed by atoms with Gasteiger partial charge in [-0.05, 0) is 25.0 Å². The smallest absolute Gasteiger partial charge is 0.252 e. The van der Waals surface area contributed by atoms with E-state index in [0.717, 1.165) is 5.69 Å². The standard InChI is InChI=1S/C14H16Cl2N2O/c15-7-6-14(19)18(11-4-2-1-3-5-11)13-9-10(16)8-12(13)17/h1-7,10,12-13H,8-9,17H2/b7-6+. The van der Waals surface area contributed by atoms with Gasteiger partial charge in [0.2, 0.25) is 0 Å². The maximum absolute atomic E-state index is 12.2. The van der Waals surface area contributed by atoms with E-state index in [-0.39, 0.29) is 23.4 Å². The van der Waals surface area contributed by atoms with Crippen molar-refractivity contribution in [3.8, 4) is 0 Å². The van der Waals surface area contributed by atoms with E-state index >= 15 is 0 Å². The number of carbonyl (C=O) groups is 1. The number of carbonyl (C=O) groups excluding carboxylic acids is 1. The van der Waals surface area contributed by atoms with Crippen molar-refractivity contribution in [2.24, 2.45) is 5.73 Å². The lowest BCUT2D eigenvalue weighted by Crippen LogP contribution is -2.47. The predicted octanol–water partition coefficient (Wildman–Crippen LogP) is 2.87. The average molecular weight is 299 g/mol. The summed E-state index contributed by atoms with van der Waals surface area (Å²) in [5, 5.41) is 0.0130. The summed E-state index contributed by atoms with van der Waals surface area (Å²) in [6.07, 6.45) is 2.75. The third kappa shape index (κ3) is 3.30. The van der Waals surface area contributed by atoms with Gasteiger partial charge in [0.1, 0.15) is 0 Å². The SMILES string of the molecule is NC1CC(Cl)CC1N(C(=O)/C=C/Cl)c1ccccc1. The molecule has 3 nitrogen and oxygen atoms in total. The first-order valence-corrected chi connectivity index (χ1v) is 7.05. The Bertz CT molecular complexity index is 464. The van der Waals surface area contributed by atoms with E-state index in [2.05, 4.69) is 0 Å². The van der Waals surface area contributed by atoms with Crippen LogP contribution < -0.4 is 10.6 Å². The molecular weight excluding hydrogens is 283 g/mol. The highest BCUT2D eigenvalue weighted by Gasteiger charge is 2.37. The Kier molecular flexibility index (Phi) is 4.86. The molecule has 0 bridgehead atoms. The van der Waals surface area contributed by atoms with Crippen LogP contribution in [0.1, 0.15) is 12.8 Å². The summed E-state index contributed by atoms with van der Waals surface area (Å²) in [5.41, 5.74) is 8.14. The number of rotatable bonds is 3. The second-order valence-electron chi connectivity index (χ2n) is 4.64. The third-order valence-corrected chi connectivity index (χ3v) is 3.81. The van der Waals surface area contributed by atoms with Crippen molar-refractivity contribution in [2.45, 2.75) is 30.3 Å². The monoisotopic (exact) mass is 298 g/mol. The van der Waals surface area contributed by atoms with Crippen LogP contribution in [-0.4, -0.2) is 23.4 Å². The van der Waals surface area contributed by atoms with E-state index in [1.54, 1.807) is 4.90 Å². The van der Waals surface area contributed by atoms with E-state index in [4.69, 9.17) is 28.9 Å². The maximum Gasteiger partial charge on any atom is 0.252 e. The number of nitrogens with zero attached hydrogens (tertiary/aromatic N) is 1. The molecule has 3 atom stereocenters. The lowest BCUT2D eigenvalue weighted by molar-refractivity contribution is -0.114. The molecule has 1 aromatic rings. The Morgan fingerprint density at radius 2 is 2.00 bits per heavy atom. The molecule has 1 amide bonds. The molecule has 1 aliphatic rings. The van der Waals surface area contributed by atoms with Crippen molar-refractivity contribution in [3.63, 3.8) is 0 Å². The molecule has 0 spiro atoms. The number of para-hydroxylation sites is 1. The van der Waals surface area contributed by atoms with Crippen LogP contribution in [-0.2, 0) is 4.79 Å². The van der Waals surface area contributed by atoms with Crippen LogP contribution in [0, 0.1) is 0 Å². The number of hydrogen-bond acceptors (Lipinski definition) is 2. The molecular formula is C14H16Cl2N2O. The highest BCUT2D eigenvalue weighted by molar-refractivity contribution is 6.27. The topological polar surface area (TPSA) is 46.3 Å². The van der Waals surface area contributed by atoms with Crippen molar-refractivity contribution in [1.29, 1.82) is 0 Å². The van der Waals surface area contributed by atoms with Crippen molar-refractivity contribution in [2.75, 3.05) is 4.90 Å². The summed E-state index contributed by atoms with van der Waals surface area (Å²) in [5.74, 6) is -0.174. The molecule has 0 aromatic heterocycles. The minimum absolute atomic E-state index is 0.0130. The Morgan fingerprint density at radius 1 is 1.32 bits per heavy atom. The largest absolute Gasteiger partial charge is 0.326 e. The minimum atomic E-state index is -0.174. The predicted molar refractivity (Wildman–Crippen MR) is 79.6 cm³/mol. The van der Waals surface area contributed by atoms with Gasteiger partial charge < -0.3 is 10.6 Å². The van der Waals surface area contributed by atoms with Crippen molar-refractivity contribution in [1.82, 2.24) is 0 Å². The van der Waals surface area contributed by atoms with Crippen LogP contribution in [0.25, 0.3) is 0 Å². The molecule has 5 heteroatoms. The van der Waals surface area contributed by atoms with Crippen molar-refractivity contribution < 1.29 is 4.79 Å². The van der Waals surface area contributed by atoms with Gasteiger partial charge in [0.15, 0.2) is 0 Å². The van der Waals surface area contributed by atoms with Crippen LogP contribution in [0.2, 0.25) is 0 Å². The number of benzene rings is 1. The van der Waals surface area contributed by atoms with Gasteiger partial charge in [-0.15, -0.1) is 11.6 Å². The van der Waals surface area contributed by atoms with E-state index in [9.17, 15) is 4.79 Å². The van der Waals surface area contributed by atoms with Gasteiger partial charge >= 0.3 is 0 Å². The van der Waals surface area contributed by atoms with Crippen LogP contribution in [0.4, 0.5) is 5.69 Å². The molecule has 0 heterocycles. The number of alkyl halides is 1. The van der Waals surface area contributed by atoms with Gasteiger partial charge in [0.05, 0.1) is 6.04 Å². The summed E-state index contributed by atoms with van der Waals surface area (Å²) in [6.45, 7) is 0. The normalized spacial score (nSPS) is 26.8. The van der Waals surface area contributed by atoms with Crippen molar-refractivity contribution in [3.05, 3.63) is 41.9 Å². The summed E-state index contributed by atoms with van der Waals surface area (Å²) in [7, 11) is 0. The first-order valence-electron chi connectivity index (χ1n) is 6.18. The number of amides is 1. The van der Waals surface area contributed by atoms with Gasteiger partial charge in [0, 0.05) is 28.7 Å². The summed E-state index contributed by atoms with van der Waals surface area (Å²) in [6, 6.07) is 9.24. The fourth-order valence-corrected chi connectivity index (χ4v) is 2.98. The van der Waals surface area contributed by atoms with Crippen LogP contribution >= 0.6 is 23.2 Å². The molecule has 2 rings (SSSR count). The molecule has 2 N–H and O–H groups in total. The highest BCUT2D eigenvalue weighted by Crippen LogP contribution is 2.31. The average Bonchev–Trinajstić information content (AvgIpc) is 2.70. The van der Waals surface area contributed by atoms with Crippen molar-refractivity contribution >= 4 is 34.8 Å². The quantitative estimate of drug-likeness (QED) is 0.689. The summed E-state index contributed by atoms with van der Waals surface area (Å²) in [4.78, 5) is 13.9. The Hall–Kier alpha value is -1.03. The molecule has 1 saturated carbocycles. The summed E-state index contributed by atoms with van der Waals surface area (Å²) >= 11 is 11.7. The van der Waals surface area contributed by atoms with E-state index < -0.39 is 0 Å². The first-order chi connectivity index (χ1) is 9.13. The molecule has 1 fully saturated rings. The zero-order chi connectivity index (χ0) is 13.8. The number of nitrogens with two attached hydrogens (primary N) is 1.